The molecule has 8 N–H and O–H groups in total. The van der Waals surface area contributed by atoms with Gasteiger partial charge in [0.05, 0.1) is 6.54 Å². The molecule has 0 spiro atoms. The lowest BCUT2D eigenvalue weighted by molar-refractivity contribution is -0.142. The number of nitrogens with zero attached hydrogens (tertiary/aromatic N) is 1. The van der Waals surface area contributed by atoms with Crippen molar-refractivity contribution in [2.45, 2.75) is 136 Å². The average Bonchev–Trinajstić information content (AvgIpc) is 3.84. The van der Waals surface area contributed by atoms with Crippen molar-refractivity contribution < 1.29 is 38.4 Å². The van der Waals surface area contributed by atoms with Gasteiger partial charge in [0.1, 0.15) is 42.3 Å². The fourth-order valence-corrected chi connectivity index (χ4v) is 7.46. The average molecular weight is 822 g/mol. The van der Waals surface area contributed by atoms with Crippen LogP contribution in [0.25, 0.3) is 10.9 Å². The second kappa shape index (κ2) is 21.0. The third-order valence-corrected chi connectivity index (χ3v) is 11.0. The van der Waals surface area contributed by atoms with Gasteiger partial charge in [-0.1, -0.05) is 66.2 Å². The Kier molecular flexibility index (Phi) is 16.4. The van der Waals surface area contributed by atoms with Crippen molar-refractivity contribution in [2.75, 3.05) is 13.1 Å². The van der Waals surface area contributed by atoms with Gasteiger partial charge in [0.15, 0.2) is 0 Å². The number of aromatic amines is 1. The molecule has 1 aromatic heterocycles. The van der Waals surface area contributed by atoms with E-state index in [1.807, 2.05) is 58.9 Å². The van der Waals surface area contributed by atoms with E-state index in [0.717, 1.165) is 16.5 Å². The minimum absolute atomic E-state index is 0.0287. The van der Waals surface area contributed by atoms with Gasteiger partial charge in [-0.15, -0.1) is 0 Å². The molecule has 8 amide bonds. The highest BCUT2D eigenvalue weighted by Gasteiger charge is 2.40. The van der Waals surface area contributed by atoms with Crippen LogP contribution < -0.4 is 37.2 Å². The monoisotopic (exact) mass is 821 g/mol. The third-order valence-electron chi connectivity index (χ3n) is 11.0. The smallest absolute Gasteiger partial charge is 0.245 e. The van der Waals surface area contributed by atoms with Gasteiger partial charge < -0.3 is 47.1 Å². The predicted molar refractivity (Wildman–Crippen MR) is 221 cm³/mol. The first-order valence-corrected chi connectivity index (χ1v) is 20.8. The molecule has 59 heavy (non-hydrogen) atoms. The lowest BCUT2D eigenvalue weighted by atomic mass is 9.96. The van der Waals surface area contributed by atoms with Crippen molar-refractivity contribution >= 4 is 58.2 Å². The van der Waals surface area contributed by atoms with E-state index in [1.54, 1.807) is 13.1 Å². The number of hydrogen-bond donors (Lipinski definition) is 8. The Balaban J connectivity index is 1.73. The summed E-state index contributed by atoms with van der Waals surface area (Å²) >= 11 is 0. The van der Waals surface area contributed by atoms with Gasteiger partial charge in [-0.3, -0.25) is 38.4 Å². The van der Waals surface area contributed by atoms with Crippen LogP contribution in [0.3, 0.4) is 0 Å². The van der Waals surface area contributed by atoms with Gasteiger partial charge in [0.2, 0.25) is 47.3 Å². The van der Waals surface area contributed by atoms with Crippen LogP contribution in [0.2, 0.25) is 0 Å². The van der Waals surface area contributed by atoms with Crippen LogP contribution in [-0.2, 0) is 44.8 Å². The number of rotatable bonds is 8. The number of para-hydroxylation sites is 1. The zero-order valence-corrected chi connectivity index (χ0v) is 35.5. The maximum Gasteiger partial charge on any atom is 0.245 e. The molecule has 2 aliphatic rings. The van der Waals surface area contributed by atoms with Gasteiger partial charge >= 0.3 is 0 Å². The summed E-state index contributed by atoms with van der Waals surface area (Å²) in [5.74, 6) is -5.39. The molecule has 17 nitrogen and oxygen atoms in total. The number of fused-ring (bicyclic) bond motifs is 2. The van der Waals surface area contributed by atoms with E-state index in [0.29, 0.717) is 19.3 Å². The number of amides is 8. The Morgan fingerprint density at radius 2 is 1.29 bits per heavy atom. The maximum atomic E-state index is 14.4. The number of aromatic nitrogens is 1. The van der Waals surface area contributed by atoms with E-state index in [-0.39, 0.29) is 43.6 Å². The molecule has 0 aliphatic carbocycles. The topological polar surface area (TPSA) is 240 Å². The first kappa shape index (κ1) is 46.2. The fourth-order valence-electron chi connectivity index (χ4n) is 7.46. The number of benzene rings is 1. The van der Waals surface area contributed by atoms with Crippen LogP contribution in [-0.4, -0.2) is 113 Å². The van der Waals surface area contributed by atoms with Crippen molar-refractivity contribution in [1.29, 1.82) is 0 Å². The highest BCUT2D eigenvalue weighted by atomic mass is 16.2. The Morgan fingerprint density at radius 1 is 0.678 bits per heavy atom. The normalized spacial score (nSPS) is 26.9. The van der Waals surface area contributed by atoms with E-state index in [9.17, 15) is 38.4 Å². The molecule has 2 aromatic rings. The molecule has 2 fully saturated rings. The van der Waals surface area contributed by atoms with Crippen LogP contribution >= 0.6 is 0 Å². The summed E-state index contributed by atoms with van der Waals surface area (Å²) in [4.78, 5) is 114. The van der Waals surface area contributed by atoms with Gasteiger partial charge in [-0.05, 0) is 68.9 Å². The molecule has 1 aromatic carbocycles. The van der Waals surface area contributed by atoms with E-state index < -0.39 is 96.1 Å². The molecule has 0 unspecified atom stereocenters. The number of carbonyl (C=O) groups is 8. The van der Waals surface area contributed by atoms with Crippen LogP contribution in [0.15, 0.2) is 30.5 Å². The molecule has 0 saturated carbocycles. The van der Waals surface area contributed by atoms with E-state index >= 15 is 0 Å². The van der Waals surface area contributed by atoms with Crippen LogP contribution in [0.5, 0.6) is 0 Å². The summed E-state index contributed by atoms with van der Waals surface area (Å²) in [5, 5.41) is 19.8. The van der Waals surface area contributed by atoms with E-state index in [2.05, 4.69) is 42.2 Å². The minimum Gasteiger partial charge on any atom is -0.361 e. The van der Waals surface area contributed by atoms with Gasteiger partial charge in [-0.2, -0.15) is 0 Å². The quantitative estimate of drug-likeness (QED) is 0.190. The number of hydrogen-bond acceptors (Lipinski definition) is 8. The lowest BCUT2D eigenvalue weighted by Gasteiger charge is -2.31. The van der Waals surface area contributed by atoms with Crippen LogP contribution in [0, 0.1) is 17.8 Å². The molecule has 2 aliphatic heterocycles. The van der Waals surface area contributed by atoms with Crippen molar-refractivity contribution in [3.63, 3.8) is 0 Å². The fraction of sp³-hybridized carbons (Fsp3) is 0.619. The zero-order chi connectivity index (χ0) is 43.6. The molecule has 17 heteroatoms. The third kappa shape index (κ3) is 12.5. The second-order valence-electron chi connectivity index (χ2n) is 16.8. The Bertz CT molecular complexity index is 1860. The standard InChI is InChI=1S/C42H63N9O8/c1-9-24(6)35-41(58)46-26(8)37(54)45-25(7)36(53)44-21-34(52)47-32(18-23(4)5)42(59)51-16-12-15-33(51)40(57)49-31(19-27-20-43-29-14-11-10-13-28(27)29)38(55)48-30(17-22(2)3)39(56)50-35/h10-11,13-14,20,22-26,30-33,35,43H,9,12,15-19,21H2,1-8H3,(H,44,53)(H,45,54)(H,46,58)(H,47,52)(H,48,55)(H,49,57)(H,50,56)/t24-,25-,26-,30-,31-,32-,33-,35-/m0/s1. The first-order valence-electron chi connectivity index (χ1n) is 20.8. The molecule has 2 saturated heterocycles. The molecule has 0 radical (unpaired) electrons. The molecular weight excluding hydrogens is 759 g/mol. The van der Waals surface area contributed by atoms with Gasteiger partial charge in [0, 0.05) is 30.1 Å². The summed E-state index contributed by atoms with van der Waals surface area (Å²) in [7, 11) is 0. The Hall–Kier alpha value is -5.48. The Morgan fingerprint density at radius 3 is 1.97 bits per heavy atom. The molecule has 4 rings (SSSR count). The van der Waals surface area contributed by atoms with Gasteiger partial charge in [0.25, 0.3) is 0 Å². The Labute approximate surface area is 346 Å². The SMILES string of the molecule is CC[C@H](C)[C@@H]1NC(=O)[C@H](CC(C)C)NC(=O)[C@H](Cc2c[nH]c3ccccc23)NC(=O)[C@@H]2CCCN2C(=O)[C@H](CC(C)C)NC(=O)CNC(=O)[C@H](C)NC(=O)[C@H](C)NC1=O. The van der Waals surface area contributed by atoms with Crippen molar-refractivity contribution in [3.8, 4) is 0 Å². The van der Waals surface area contributed by atoms with E-state index in [4.69, 9.17) is 0 Å². The maximum absolute atomic E-state index is 14.4. The predicted octanol–water partition coefficient (Wildman–Crippen LogP) is 0.918. The second-order valence-corrected chi connectivity index (χ2v) is 16.8. The van der Waals surface area contributed by atoms with Crippen molar-refractivity contribution in [1.82, 2.24) is 47.1 Å². The summed E-state index contributed by atoms with van der Waals surface area (Å²) in [6, 6.07) is -0.0404. The summed E-state index contributed by atoms with van der Waals surface area (Å²) in [6.45, 7) is 13.8. The number of H-pyrrole nitrogens is 1. The molecule has 0 bridgehead atoms. The van der Waals surface area contributed by atoms with Crippen LogP contribution in [0.4, 0.5) is 0 Å². The largest absolute Gasteiger partial charge is 0.361 e. The van der Waals surface area contributed by atoms with Gasteiger partial charge in [-0.25, -0.2) is 0 Å². The summed E-state index contributed by atoms with van der Waals surface area (Å²) in [5.41, 5.74) is 1.57. The molecule has 8 atom stereocenters. The van der Waals surface area contributed by atoms with Crippen molar-refractivity contribution in [2.24, 2.45) is 17.8 Å². The number of carbonyl (C=O) groups excluding carboxylic acids is 8. The highest BCUT2D eigenvalue weighted by molar-refractivity contribution is 5.99. The van der Waals surface area contributed by atoms with Crippen molar-refractivity contribution in [3.05, 3.63) is 36.0 Å². The first-order chi connectivity index (χ1) is 27.9. The minimum atomic E-state index is -1.18. The number of nitrogens with one attached hydrogen (secondary N) is 8. The molecule has 324 valence electrons. The van der Waals surface area contributed by atoms with E-state index in [1.165, 1.54) is 18.7 Å². The highest BCUT2D eigenvalue weighted by Crippen LogP contribution is 2.23. The lowest BCUT2D eigenvalue weighted by Crippen LogP contribution is -2.61. The van der Waals surface area contributed by atoms with Crippen LogP contribution in [0.1, 0.15) is 93.1 Å². The molecular formula is C42H63N9O8. The summed E-state index contributed by atoms with van der Waals surface area (Å²) < 4.78 is 0. The molecule has 3 heterocycles. The zero-order valence-electron chi connectivity index (χ0n) is 35.5. The summed E-state index contributed by atoms with van der Waals surface area (Å²) in [6.07, 6.45) is 3.57.